The fraction of sp³-hybridized carbons (Fsp3) is 0.455. The van der Waals surface area contributed by atoms with E-state index in [1.807, 2.05) is 6.92 Å². The zero-order valence-electron chi connectivity index (χ0n) is 8.47. The molecule has 78 valence electrons. The highest BCUT2D eigenvalue weighted by Gasteiger charge is 2.16. The molecular weight excluding hydrogens is 180 g/mol. The molecule has 0 unspecified atom stereocenters. The van der Waals surface area contributed by atoms with Gasteiger partial charge in [0.25, 0.3) is 0 Å². The molecule has 0 aliphatic rings. The molecule has 3 heteroatoms. The van der Waals surface area contributed by atoms with E-state index in [-0.39, 0.29) is 11.9 Å². The van der Waals surface area contributed by atoms with Crippen LogP contribution in [0.25, 0.3) is 0 Å². The molecule has 1 aromatic rings. The van der Waals surface area contributed by atoms with Crippen LogP contribution in [0.1, 0.15) is 25.5 Å². The second-order valence-electron chi connectivity index (χ2n) is 3.21. The Balaban J connectivity index is 2.82. The average molecular weight is 196 g/mol. The summed E-state index contributed by atoms with van der Waals surface area (Å²) in [5, 5.41) is 18.6. The summed E-state index contributed by atoms with van der Waals surface area (Å²) in [6.45, 7) is 4.12. The van der Waals surface area contributed by atoms with Gasteiger partial charge in [-0.2, -0.15) is 0 Å². The second-order valence-corrected chi connectivity index (χ2v) is 3.21. The Hall–Kier alpha value is -1.06. The van der Waals surface area contributed by atoms with Crippen molar-refractivity contribution < 1.29 is 14.9 Å². The van der Waals surface area contributed by atoms with E-state index in [0.717, 1.165) is 5.56 Å². The molecule has 0 aliphatic carbocycles. The van der Waals surface area contributed by atoms with E-state index in [4.69, 9.17) is 9.84 Å². The molecule has 0 saturated heterocycles. The summed E-state index contributed by atoms with van der Waals surface area (Å²) in [5.41, 5.74) is 0.875. The third-order valence-electron chi connectivity index (χ3n) is 2.01. The molecule has 0 aromatic heterocycles. The topological polar surface area (TPSA) is 49.7 Å². The van der Waals surface area contributed by atoms with Gasteiger partial charge in [-0.1, -0.05) is 12.1 Å². The number of benzene rings is 1. The normalized spacial score (nSPS) is 15.1. The van der Waals surface area contributed by atoms with Crippen molar-refractivity contribution in [3.8, 4) is 5.75 Å². The lowest BCUT2D eigenvalue weighted by molar-refractivity contribution is -0.0259. The highest BCUT2D eigenvalue weighted by atomic mass is 16.5. The van der Waals surface area contributed by atoms with Crippen LogP contribution >= 0.6 is 0 Å². The quantitative estimate of drug-likeness (QED) is 0.772. The molecule has 14 heavy (non-hydrogen) atoms. The Morgan fingerprint density at radius 3 is 2.29 bits per heavy atom. The molecule has 0 aliphatic heterocycles. The van der Waals surface area contributed by atoms with E-state index < -0.39 is 6.10 Å². The summed E-state index contributed by atoms with van der Waals surface area (Å²) < 4.78 is 5.40. The fourth-order valence-electron chi connectivity index (χ4n) is 1.36. The first-order chi connectivity index (χ1) is 6.65. The van der Waals surface area contributed by atoms with Crippen LogP contribution in [0.15, 0.2) is 24.3 Å². The molecule has 1 aromatic carbocycles. The predicted molar refractivity (Wildman–Crippen MR) is 54.2 cm³/mol. The molecule has 0 spiro atoms. The van der Waals surface area contributed by atoms with Crippen molar-refractivity contribution >= 4 is 0 Å². The number of rotatable bonds is 4. The minimum absolute atomic E-state index is 0.217. The summed E-state index contributed by atoms with van der Waals surface area (Å²) in [7, 11) is 0. The Morgan fingerprint density at radius 2 is 1.86 bits per heavy atom. The third-order valence-corrected chi connectivity index (χ3v) is 2.01. The Morgan fingerprint density at radius 1 is 1.29 bits per heavy atom. The highest BCUT2D eigenvalue weighted by Crippen LogP contribution is 2.23. The molecule has 2 atom stereocenters. The first-order valence-corrected chi connectivity index (χ1v) is 4.73. The minimum atomic E-state index is -0.556. The van der Waals surface area contributed by atoms with Gasteiger partial charge in [-0.25, -0.2) is 0 Å². The zero-order valence-corrected chi connectivity index (χ0v) is 8.47. The lowest BCUT2D eigenvalue weighted by atomic mass is 10.1. The van der Waals surface area contributed by atoms with Crippen LogP contribution in [0.3, 0.4) is 0 Å². The van der Waals surface area contributed by atoms with Crippen molar-refractivity contribution in [2.75, 3.05) is 6.61 Å². The van der Waals surface area contributed by atoms with Gasteiger partial charge in [-0.3, -0.25) is 0 Å². The molecule has 0 amide bonds. The average Bonchev–Trinajstić information content (AvgIpc) is 2.15. The number of phenols is 1. The number of aliphatic hydroxyl groups excluding tert-OH is 1. The summed E-state index contributed by atoms with van der Waals surface area (Å²) in [6.07, 6.45) is -0.875. The van der Waals surface area contributed by atoms with E-state index in [0.29, 0.717) is 6.61 Å². The van der Waals surface area contributed by atoms with Crippen LogP contribution in [0.4, 0.5) is 0 Å². The lowest BCUT2D eigenvalue weighted by Gasteiger charge is -2.20. The standard InChI is InChI=1S/C11H16O3/c1-3-14-11(8(2)12)9-4-6-10(13)7-5-9/h4-8,11-13H,3H2,1-2H3/t8-,11+/m1/s1. The molecule has 2 N–H and O–H groups in total. The van der Waals surface area contributed by atoms with Crippen LogP contribution in [-0.2, 0) is 4.74 Å². The van der Waals surface area contributed by atoms with Crippen molar-refractivity contribution in [1.82, 2.24) is 0 Å². The number of hydrogen-bond donors (Lipinski definition) is 2. The van der Waals surface area contributed by atoms with Crippen molar-refractivity contribution in [3.05, 3.63) is 29.8 Å². The van der Waals surface area contributed by atoms with Crippen LogP contribution in [0, 0.1) is 0 Å². The first kappa shape index (κ1) is 11.0. The van der Waals surface area contributed by atoms with Crippen molar-refractivity contribution in [2.24, 2.45) is 0 Å². The zero-order chi connectivity index (χ0) is 10.6. The number of aromatic hydroxyl groups is 1. The van der Waals surface area contributed by atoms with Gasteiger partial charge in [0, 0.05) is 6.61 Å². The van der Waals surface area contributed by atoms with Crippen LogP contribution in [0.5, 0.6) is 5.75 Å². The van der Waals surface area contributed by atoms with E-state index in [1.54, 1.807) is 31.2 Å². The van der Waals surface area contributed by atoms with Gasteiger partial charge in [0.2, 0.25) is 0 Å². The largest absolute Gasteiger partial charge is 0.508 e. The summed E-state index contributed by atoms with van der Waals surface area (Å²) in [4.78, 5) is 0. The molecule has 0 radical (unpaired) electrons. The second kappa shape index (κ2) is 4.98. The number of hydrogen-bond acceptors (Lipinski definition) is 3. The molecule has 1 rings (SSSR count). The summed E-state index contributed by atoms with van der Waals surface area (Å²) in [6, 6.07) is 6.68. The maximum Gasteiger partial charge on any atom is 0.115 e. The van der Waals surface area contributed by atoms with Gasteiger partial charge in [-0.05, 0) is 31.5 Å². The lowest BCUT2D eigenvalue weighted by Crippen LogP contribution is -2.17. The Labute approximate surface area is 84.0 Å². The number of phenolic OH excluding ortho intramolecular Hbond substituents is 1. The predicted octanol–water partition coefficient (Wildman–Crippen LogP) is 1.85. The van der Waals surface area contributed by atoms with Gasteiger partial charge in [0.1, 0.15) is 11.9 Å². The van der Waals surface area contributed by atoms with E-state index >= 15 is 0 Å². The molecule has 0 fully saturated rings. The van der Waals surface area contributed by atoms with Gasteiger partial charge >= 0.3 is 0 Å². The van der Waals surface area contributed by atoms with Crippen molar-refractivity contribution in [2.45, 2.75) is 26.1 Å². The third kappa shape index (κ3) is 2.72. The smallest absolute Gasteiger partial charge is 0.115 e. The van der Waals surface area contributed by atoms with Gasteiger partial charge in [0.15, 0.2) is 0 Å². The molecule has 0 bridgehead atoms. The maximum absolute atomic E-state index is 9.48. The van der Waals surface area contributed by atoms with Crippen LogP contribution in [0.2, 0.25) is 0 Å². The first-order valence-electron chi connectivity index (χ1n) is 4.73. The summed E-state index contributed by atoms with van der Waals surface area (Å²) >= 11 is 0. The van der Waals surface area contributed by atoms with Gasteiger partial charge < -0.3 is 14.9 Å². The molecule has 0 heterocycles. The minimum Gasteiger partial charge on any atom is -0.508 e. The fourth-order valence-corrected chi connectivity index (χ4v) is 1.36. The van der Waals surface area contributed by atoms with Crippen molar-refractivity contribution in [1.29, 1.82) is 0 Å². The van der Waals surface area contributed by atoms with Crippen LogP contribution < -0.4 is 0 Å². The Bertz CT molecular complexity index is 266. The van der Waals surface area contributed by atoms with E-state index in [1.165, 1.54) is 0 Å². The van der Waals surface area contributed by atoms with E-state index in [2.05, 4.69) is 0 Å². The highest BCUT2D eigenvalue weighted by molar-refractivity contribution is 5.27. The maximum atomic E-state index is 9.48. The monoisotopic (exact) mass is 196 g/mol. The van der Waals surface area contributed by atoms with Crippen molar-refractivity contribution in [3.63, 3.8) is 0 Å². The van der Waals surface area contributed by atoms with Gasteiger partial charge in [-0.15, -0.1) is 0 Å². The Kier molecular flexibility index (Phi) is 3.92. The molecule has 0 saturated carbocycles. The van der Waals surface area contributed by atoms with E-state index in [9.17, 15) is 5.11 Å². The van der Waals surface area contributed by atoms with Crippen LogP contribution in [-0.4, -0.2) is 22.9 Å². The SMILES string of the molecule is CCO[C@H](c1ccc(O)cc1)[C@@H](C)O. The molecule has 3 nitrogen and oxygen atoms in total. The number of ether oxygens (including phenoxy) is 1. The summed E-state index contributed by atoms with van der Waals surface area (Å²) in [5.74, 6) is 0.217. The molecular formula is C11H16O3. The number of aliphatic hydroxyl groups is 1. The van der Waals surface area contributed by atoms with Gasteiger partial charge in [0.05, 0.1) is 6.10 Å².